The van der Waals surface area contributed by atoms with E-state index in [9.17, 15) is 29.6 Å². The van der Waals surface area contributed by atoms with Crippen molar-refractivity contribution in [3.05, 3.63) is 29.3 Å². The number of H-pyrrole nitrogens is 1. The maximum Gasteiger partial charge on any atom is 0.354 e. The van der Waals surface area contributed by atoms with E-state index in [1.54, 1.807) is 0 Å². The third-order valence-corrected chi connectivity index (χ3v) is 7.72. The minimum absolute atomic E-state index is 0.0515. The summed E-state index contributed by atoms with van der Waals surface area (Å²) in [7, 11) is -3.52. The SMILES string of the molecule is CO[C@H]1O[C@@H](n2cnc3c(=O)[nH]c(N)nc32)C(OP(=O)(O)CO[C@H]2O[C@@H](n3cnc4c(N)ncnc43)C(O)C2O)C1O. The molecule has 226 valence electrons. The van der Waals surface area contributed by atoms with Gasteiger partial charge >= 0.3 is 7.60 Å². The summed E-state index contributed by atoms with van der Waals surface area (Å²) in [5.41, 5.74) is 11.1. The second kappa shape index (κ2) is 10.6. The first-order chi connectivity index (χ1) is 20.0. The molecule has 2 aliphatic rings. The van der Waals surface area contributed by atoms with Gasteiger partial charge in [-0.3, -0.25) is 28.0 Å². The molecule has 6 heterocycles. The molecule has 2 aliphatic heterocycles. The van der Waals surface area contributed by atoms with Crippen LogP contribution in [0.25, 0.3) is 22.3 Å². The molecule has 5 unspecified atom stereocenters. The second-order valence-electron chi connectivity index (χ2n) is 9.36. The minimum atomic E-state index is -4.75. The molecule has 4 aromatic heterocycles. The van der Waals surface area contributed by atoms with Crippen LogP contribution in [0.4, 0.5) is 11.8 Å². The first-order valence-electron chi connectivity index (χ1n) is 12.1. The minimum Gasteiger partial charge on any atom is -0.385 e. The molecule has 22 heteroatoms. The third-order valence-electron chi connectivity index (χ3n) is 6.67. The number of rotatable bonds is 8. The quantitative estimate of drug-likeness (QED) is 0.0982. The fourth-order valence-corrected chi connectivity index (χ4v) is 5.73. The Balaban J connectivity index is 1.19. The van der Waals surface area contributed by atoms with Gasteiger partial charge in [0.05, 0.1) is 12.7 Å². The van der Waals surface area contributed by atoms with Crippen LogP contribution in [0.15, 0.2) is 23.8 Å². The number of hydrogen-bond donors (Lipinski definition) is 7. The summed E-state index contributed by atoms with van der Waals surface area (Å²) in [6.45, 7) is 0. The molecule has 6 rings (SSSR count). The van der Waals surface area contributed by atoms with Gasteiger partial charge in [0, 0.05) is 7.11 Å². The zero-order valence-corrected chi connectivity index (χ0v) is 22.3. The molecule has 21 nitrogen and oxygen atoms in total. The molecule has 2 saturated heterocycles. The van der Waals surface area contributed by atoms with E-state index in [1.165, 1.54) is 28.9 Å². The number of aromatic amines is 1. The van der Waals surface area contributed by atoms with Crippen molar-refractivity contribution in [1.29, 1.82) is 0 Å². The topological polar surface area (TPSA) is 303 Å². The molecule has 0 saturated carbocycles. The van der Waals surface area contributed by atoms with Crippen LogP contribution >= 0.6 is 7.60 Å². The number of aliphatic hydroxyl groups is 3. The fourth-order valence-electron chi connectivity index (χ4n) is 4.72. The predicted molar refractivity (Wildman–Crippen MR) is 136 cm³/mol. The van der Waals surface area contributed by atoms with E-state index >= 15 is 0 Å². The van der Waals surface area contributed by atoms with Gasteiger partial charge in [0.1, 0.15) is 36.3 Å². The van der Waals surface area contributed by atoms with Gasteiger partial charge in [-0.05, 0) is 0 Å². The van der Waals surface area contributed by atoms with Gasteiger partial charge in [-0.2, -0.15) is 4.98 Å². The predicted octanol–water partition coefficient (Wildman–Crippen LogP) is -2.89. The number of fused-ring (bicyclic) bond motifs is 2. The number of hydrogen-bond acceptors (Lipinski definition) is 17. The molecular weight excluding hydrogens is 587 g/mol. The first kappa shape index (κ1) is 28.5. The van der Waals surface area contributed by atoms with Gasteiger partial charge in [-0.25, -0.2) is 19.9 Å². The number of nitrogen functional groups attached to an aromatic ring is 2. The largest absolute Gasteiger partial charge is 0.385 e. The number of nitrogens with two attached hydrogens (primary N) is 2. The molecular formula is C20H25N10O11P. The molecule has 9 atom stereocenters. The van der Waals surface area contributed by atoms with Crippen LogP contribution in [0, 0.1) is 0 Å². The first-order valence-corrected chi connectivity index (χ1v) is 13.9. The van der Waals surface area contributed by atoms with Crippen molar-refractivity contribution in [2.24, 2.45) is 0 Å². The lowest BCUT2D eigenvalue weighted by atomic mass is 10.2. The van der Waals surface area contributed by atoms with E-state index in [0.29, 0.717) is 0 Å². The highest BCUT2D eigenvalue weighted by molar-refractivity contribution is 7.52. The summed E-state index contributed by atoms with van der Waals surface area (Å²) in [4.78, 5) is 45.1. The summed E-state index contributed by atoms with van der Waals surface area (Å²) < 4.78 is 42.6. The van der Waals surface area contributed by atoms with Crippen LogP contribution in [-0.2, 0) is 28.0 Å². The highest BCUT2D eigenvalue weighted by atomic mass is 31.2. The number of aromatic nitrogens is 8. The Morgan fingerprint density at radius 3 is 2.40 bits per heavy atom. The number of anilines is 2. The molecule has 0 radical (unpaired) electrons. The maximum absolute atomic E-state index is 13.1. The maximum atomic E-state index is 13.1. The molecule has 0 aromatic carbocycles. The van der Waals surface area contributed by atoms with E-state index in [4.69, 9.17) is 34.9 Å². The molecule has 0 amide bonds. The monoisotopic (exact) mass is 612 g/mol. The second-order valence-corrected chi connectivity index (χ2v) is 11.1. The van der Waals surface area contributed by atoms with E-state index in [0.717, 1.165) is 6.33 Å². The summed E-state index contributed by atoms with van der Waals surface area (Å²) in [6, 6.07) is 0. The van der Waals surface area contributed by atoms with Crippen molar-refractivity contribution < 1.29 is 48.2 Å². The van der Waals surface area contributed by atoms with Crippen molar-refractivity contribution in [1.82, 2.24) is 39.0 Å². The van der Waals surface area contributed by atoms with Gasteiger partial charge in [0.25, 0.3) is 5.56 Å². The van der Waals surface area contributed by atoms with Gasteiger partial charge in [0.15, 0.2) is 54.0 Å². The Labute approximate surface area is 233 Å². The average Bonchev–Trinajstić information content (AvgIpc) is 3.69. The smallest absolute Gasteiger partial charge is 0.354 e. The van der Waals surface area contributed by atoms with Crippen molar-refractivity contribution in [2.45, 2.75) is 49.5 Å². The summed E-state index contributed by atoms with van der Waals surface area (Å²) >= 11 is 0. The Kier molecular flexibility index (Phi) is 7.17. The highest BCUT2D eigenvalue weighted by Gasteiger charge is 2.51. The van der Waals surface area contributed by atoms with Crippen LogP contribution in [0.3, 0.4) is 0 Å². The zero-order valence-electron chi connectivity index (χ0n) is 21.4. The highest BCUT2D eigenvalue weighted by Crippen LogP contribution is 2.49. The Bertz CT molecular complexity index is 1730. The zero-order chi connectivity index (χ0) is 29.9. The number of nitrogens with zero attached hydrogens (tertiary/aromatic N) is 7. The van der Waals surface area contributed by atoms with E-state index in [2.05, 4.69) is 29.9 Å². The number of ether oxygens (including phenoxy) is 4. The molecule has 42 heavy (non-hydrogen) atoms. The van der Waals surface area contributed by atoms with Crippen LogP contribution < -0.4 is 17.0 Å². The van der Waals surface area contributed by atoms with Crippen LogP contribution in [0.5, 0.6) is 0 Å². The molecule has 0 spiro atoms. The van der Waals surface area contributed by atoms with Gasteiger partial charge < -0.3 is 50.6 Å². The van der Waals surface area contributed by atoms with Gasteiger partial charge in [-0.15, -0.1) is 0 Å². The van der Waals surface area contributed by atoms with E-state index < -0.39 is 69.0 Å². The number of methoxy groups -OCH3 is 1. The Morgan fingerprint density at radius 2 is 1.67 bits per heavy atom. The fraction of sp³-hybridized carbons (Fsp3) is 0.500. The van der Waals surface area contributed by atoms with Crippen molar-refractivity contribution in [3.63, 3.8) is 0 Å². The lowest BCUT2D eigenvalue weighted by Crippen LogP contribution is -2.35. The van der Waals surface area contributed by atoms with Crippen molar-refractivity contribution in [3.8, 4) is 0 Å². The lowest BCUT2D eigenvalue weighted by molar-refractivity contribution is -0.168. The normalized spacial score (nSPS) is 31.3. The van der Waals surface area contributed by atoms with Gasteiger partial charge in [-0.1, -0.05) is 0 Å². The van der Waals surface area contributed by atoms with Crippen molar-refractivity contribution in [2.75, 3.05) is 24.9 Å². The third kappa shape index (κ3) is 4.80. The number of imidazole rings is 2. The molecule has 4 aromatic rings. The van der Waals surface area contributed by atoms with E-state index in [-0.39, 0.29) is 34.1 Å². The van der Waals surface area contributed by atoms with Crippen LogP contribution in [-0.4, -0.2) is 110 Å². The Hall–Kier alpha value is -3.63. The van der Waals surface area contributed by atoms with Crippen LogP contribution in [0.2, 0.25) is 0 Å². The van der Waals surface area contributed by atoms with Crippen molar-refractivity contribution >= 4 is 41.7 Å². The Morgan fingerprint density at radius 1 is 0.976 bits per heavy atom. The summed E-state index contributed by atoms with van der Waals surface area (Å²) in [6.07, 6.45) is -9.33. The number of nitrogens with one attached hydrogen (secondary N) is 1. The lowest BCUT2D eigenvalue weighted by Gasteiger charge is -2.25. The van der Waals surface area contributed by atoms with E-state index in [1.807, 2.05) is 0 Å². The van der Waals surface area contributed by atoms with Crippen LogP contribution in [0.1, 0.15) is 12.5 Å². The summed E-state index contributed by atoms with van der Waals surface area (Å²) in [5.74, 6) is -0.148. The number of aliphatic hydroxyl groups excluding tert-OH is 3. The standard InChI is InChI=1S/C20H25N10O11P/c1-37-18-10(33)11(17(40-18)30-4-26-7-14(30)27-20(22)28-15(7)34)41-42(35,36)5-38-19-9(32)8(31)16(39-19)29-3-25-6-12(21)23-2-24-13(6)29/h2-4,8-11,16-19,31-33H,5H2,1H3,(H,35,36)(H2,21,23,24)(H3,22,27,28,34)/t8?,9?,10?,11?,16-,17-,18+,19+/m1/s1. The van der Waals surface area contributed by atoms with Gasteiger partial charge in [0.2, 0.25) is 5.95 Å². The molecule has 0 aliphatic carbocycles. The summed E-state index contributed by atoms with van der Waals surface area (Å²) in [5, 5.41) is 31.9. The molecule has 0 bridgehead atoms. The molecule has 2 fully saturated rings. The molecule has 9 N–H and O–H groups in total. The average molecular weight is 612 g/mol.